The van der Waals surface area contributed by atoms with E-state index in [0.717, 1.165) is 42.3 Å². The smallest absolute Gasteiger partial charge is 0.264 e. The second-order valence-corrected chi connectivity index (χ2v) is 13.5. The number of sulfonamides is 2. The molecule has 0 radical (unpaired) electrons. The maximum Gasteiger partial charge on any atom is 0.264 e. The van der Waals surface area contributed by atoms with Gasteiger partial charge in [-0.05, 0) is 73.4 Å². The van der Waals surface area contributed by atoms with Crippen LogP contribution in [0.25, 0.3) is 0 Å². The average molecular weight is 574 g/mol. The summed E-state index contributed by atoms with van der Waals surface area (Å²) < 4.78 is 66.9. The van der Waals surface area contributed by atoms with Crippen LogP contribution in [0.15, 0.2) is 76.5 Å². The molecule has 1 aliphatic heterocycles. The predicted molar refractivity (Wildman–Crippen MR) is 153 cm³/mol. The third-order valence-corrected chi connectivity index (χ3v) is 10.4. The molecule has 1 heterocycles. The van der Waals surface area contributed by atoms with Crippen LogP contribution in [-0.4, -0.2) is 62.5 Å². The lowest BCUT2D eigenvalue weighted by Crippen LogP contribution is -2.35. The van der Waals surface area contributed by atoms with Crippen molar-refractivity contribution in [3.05, 3.63) is 72.3 Å². The summed E-state index contributed by atoms with van der Waals surface area (Å²) in [5.41, 5.74) is 2.10. The molecule has 210 valence electrons. The molecule has 39 heavy (non-hydrogen) atoms. The van der Waals surface area contributed by atoms with Gasteiger partial charge in [0.15, 0.2) is 11.5 Å². The Morgan fingerprint density at radius 2 is 1.33 bits per heavy atom. The second-order valence-electron chi connectivity index (χ2n) is 9.50. The van der Waals surface area contributed by atoms with Crippen LogP contribution in [0.3, 0.4) is 0 Å². The molecular formula is C28H35N3O6S2. The highest BCUT2D eigenvalue weighted by molar-refractivity contribution is 7.92. The van der Waals surface area contributed by atoms with Gasteiger partial charge in [0.1, 0.15) is 0 Å². The van der Waals surface area contributed by atoms with Crippen LogP contribution in [0.1, 0.15) is 24.8 Å². The van der Waals surface area contributed by atoms with Gasteiger partial charge in [0.25, 0.3) is 10.0 Å². The molecule has 11 heteroatoms. The first-order chi connectivity index (χ1) is 18.6. The van der Waals surface area contributed by atoms with Gasteiger partial charge in [0, 0.05) is 27.2 Å². The van der Waals surface area contributed by atoms with Gasteiger partial charge in [-0.3, -0.25) is 4.31 Å². The van der Waals surface area contributed by atoms with E-state index in [4.69, 9.17) is 9.47 Å². The largest absolute Gasteiger partial charge is 0.493 e. The summed E-state index contributed by atoms with van der Waals surface area (Å²) in [6, 6.07) is 18.2. The topological polar surface area (TPSA) is 96.5 Å². The summed E-state index contributed by atoms with van der Waals surface area (Å²) in [4.78, 5) is 2.24. The number of anilines is 2. The molecule has 0 saturated carbocycles. The van der Waals surface area contributed by atoms with Gasteiger partial charge in [0.05, 0.1) is 41.9 Å². The van der Waals surface area contributed by atoms with Gasteiger partial charge in [0.2, 0.25) is 10.0 Å². The van der Waals surface area contributed by atoms with E-state index in [2.05, 4.69) is 4.90 Å². The predicted octanol–water partition coefficient (Wildman–Crippen LogP) is 4.34. The van der Waals surface area contributed by atoms with Crippen molar-refractivity contribution in [1.29, 1.82) is 0 Å². The molecule has 0 bridgehead atoms. The van der Waals surface area contributed by atoms with Gasteiger partial charge in [-0.1, -0.05) is 18.2 Å². The number of methoxy groups -OCH3 is 2. The van der Waals surface area contributed by atoms with Crippen LogP contribution in [0.2, 0.25) is 0 Å². The maximum absolute atomic E-state index is 14.2. The van der Waals surface area contributed by atoms with E-state index < -0.39 is 20.0 Å². The summed E-state index contributed by atoms with van der Waals surface area (Å²) in [6.07, 6.45) is 3.23. The zero-order valence-electron chi connectivity index (χ0n) is 22.7. The number of nitrogens with zero attached hydrogens (tertiary/aromatic N) is 3. The summed E-state index contributed by atoms with van der Waals surface area (Å²) >= 11 is 0. The van der Waals surface area contributed by atoms with E-state index in [0.29, 0.717) is 22.7 Å². The minimum absolute atomic E-state index is 0.00544. The minimum atomic E-state index is -4.11. The van der Waals surface area contributed by atoms with Crippen molar-refractivity contribution in [2.45, 2.75) is 35.6 Å². The summed E-state index contributed by atoms with van der Waals surface area (Å²) in [7, 11) is -1.86. The first-order valence-electron chi connectivity index (χ1n) is 12.7. The fourth-order valence-electron chi connectivity index (χ4n) is 4.64. The molecular weight excluding hydrogens is 538 g/mol. The maximum atomic E-state index is 14.2. The molecule has 1 saturated heterocycles. The Labute approximate surface area is 231 Å². The number of ether oxygens (including phenoxy) is 2. The van der Waals surface area contributed by atoms with Gasteiger partial charge in [-0.2, -0.15) is 0 Å². The Kier molecular flexibility index (Phi) is 8.73. The van der Waals surface area contributed by atoms with E-state index in [1.165, 1.54) is 49.8 Å². The molecule has 0 aliphatic carbocycles. The Bertz CT molecular complexity index is 1500. The quantitative estimate of drug-likeness (QED) is 0.356. The highest BCUT2D eigenvalue weighted by atomic mass is 32.2. The van der Waals surface area contributed by atoms with Gasteiger partial charge >= 0.3 is 0 Å². The first-order valence-corrected chi connectivity index (χ1v) is 15.6. The lowest BCUT2D eigenvalue weighted by atomic mass is 10.1. The molecule has 3 aromatic rings. The van der Waals surface area contributed by atoms with Crippen LogP contribution in [-0.2, 0) is 26.6 Å². The van der Waals surface area contributed by atoms with Crippen LogP contribution < -0.4 is 18.7 Å². The third-order valence-electron chi connectivity index (χ3n) is 6.81. The SMILES string of the molecule is COc1ccc(CN(c2ccccc2N2CCCCC2)S(=O)(=O)c2ccc(S(=O)(=O)N(C)C)cc2)cc1OC. The normalized spacial score (nSPS) is 14.3. The summed E-state index contributed by atoms with van der Waals surface area (Å²) in [5.74, 6) is 1.04. The van der Waals surface area contributed by atoms with Gasteiger partial charge in [-0.15, -0.1) is 0 Å². The van der Waals surface area contributed by atoms with Gasteiger partial charge in [-0.25, -0.2) is 21.1 Å². The molecule has 1 fully saturated rings. The van der Waals surface area contributed by atoms with Crippen molar-refractivity contribution >= 4 is 31.4 Å². The summed E-state index contributed by atoms with van der Waals surface area (Å²) in [6.45, 7) is 1.72. The van der Waals surface area contributed by atoms with E-state index in [-0.39, 0.29) is 16.3 Å². The molecule has 0 N–H and O–H groups in total. The van der Waals surface area contributed by atoms with Crippen molar-refractivity contribution in [2.24, 2.45) is 0 Å². The second kappa shape index (κ2) is 11.8. The Morgan fingerprint density at radius 3 is 1.92 bits per heavy atom. The van der Waals surface area contributed by atoms with Crippen molar-refractivity contribution < 1.29 is 26.3 Å². The molecule has 9 nitrogen and oxygen atoms in total. The molecule has 0 amide bonds. The van der Waals surface area contributed by atoms with Crippen molar-refractivity contribution in [2.75, 3.05) is 50.6 Å². The number of benzene rings is 3. The van der Waals surface area contributed by atoms with E-state index in [1.54, 1.807) is 25.3 Å². The highest BCUT2D eigenvalue weighted by Gasteiger charge is 2.30. The first kappa shape index (κ1) is 28.7. The van der Waals surface area contributed by atoms with E-state index in [1.807, 2.05) is 24.3 Å². The van der Waals surface area contributed by atoms with Crippen molar-refractivity contribution in [3.8, 4) is 11.5 Å². The highest BCUT2D eigenvalue weighted by Crippen LogP contribution is 2.37. The third kappa shape index (κ3) is 6.00. The Balaban J connectivity index is 1.82. The fraction of sp³-hybridized carbons (Fsp3) is 0.357. The molecule has 1 aliphatic rings. The molecule has 0 unspecified atom stereocenters. The number of para-hydroxylation sites is 2. The van der Waals surface area contributed by atoms with Crippen LogP contribution in [0, 0.1) is 0 Å². The number of rotatable bonds is 10. The standard InChI is InChI=1S/C28H35N3O6S2/c1-29(2)38(32,33)23-13-15-24(16-14-23)39(34,35)31(21-22-12-17-27(36-3)28(20-22)37-4)26-11-7-6-10-25(26)30-18-8-5-9-19-30/h6-7,10-17,20H,5,8-9,18-19,21H2,1-4H3. The van der Waals surface area contributed by atoms with Crippen LogP contribution in [0.5, 0.6) is 11.5 Å². The van der Waals surface area contributed by atoms with Crippen molar-refractivity contribution in [1.82, 2.24) is 4.31 Å². The van der Waals surface area contributed by atoms with Crippen LogP contribution in [0.4, 0.5) is 11.4 Å². The molecule has 0 aromatic heterocycles. The number of hydrogen-bond acceptors (Lipinski definition) is 7. The monoisotopic (exact) mass is 573 g/mol. The van der Waals surface area contributed by atoms with E-state index >= 15 is 0 Å². The molecule has 0 atom stereocenters. The lowest BCUT2D eigenvalue weighted by molar-refractivity contribution is 0.354. The van der Waals surface area contributed by atoms with Gasteiger partial charge < -0.3 is 14.4 Å². The van der Waals surface area contributed by atoms with Crippen molar-refractivity contribution in [3.63, 3.8) is 0 Å². The zero-order chi connectivity index (χ0) is 28.2. The average Bonchev–Trinajstić information content (AvgIpc) is 2.96. The fourth-order valence-corrected chi connectivity index (χ4v) is 7.01. The summed E-state index contributed by atoms with van der Waals surface area (Å²) in [5, 5.41) is 0. The van der Waals surface area contributed by atoms with Crippen LogP contribution >= 0.6 is 0 Å². The molecule has 4 rings (SSSR count). The lowest BCUT2D eigenvalue weighted by Gasteiger charge is -2.34. The molecule has 3 aromatic carbocycles. The number of hydrogen-bond donors (Lipinski definition) is 0. The minimum Gasteiger partial charge on any atom is -0.493 e. The Morgan fingerprint density at radius 1 is 0.744 bits per heavy atom. The number of piperidine rings is 1. The molecule has 0 spiro atoms. The zero-order valence-corrected chi connectivity index (χ0v) is 24.3. The van der Waals surface area contributed by atoms with E-state index in [9.17, 15) is 16.8 Å². The Hall–Kier alpha value is -3.28.